The van der Waals surface area contributed by atoms with Gasteiger partial charge in [0.1, 0.15) is 5.84 Å². The molecule has 2 heterocycles. The molecule has 0 spiro atoms. The number of rotatable bonds is 6. The number of aromatic nitrogens is 1. The number of H-pyrrole nitrogens is 1. The maximum absolute atomic E-state index is 12.5. The molecular weight excluding hydrogens is 400 g/mol. The highest BCUT2D eigenvalue weighted by molar-refractivity contribution is 7.90. The predicted octanol–water partition coefficient (Wildman–Crippen LogP) is 3.55. The second-order valence-corrected chi connectivity index (χ2v) is 9.04. The average molecular weight is 425 g/mol. The average Bonchev–Trinajstić information content (AvgIpc) is 3.32. The van der Waals surface area contributed by atoms with Gasteiger partial charge in [-0.15, -0.1) is 4.40 Å². The highest BCUT2D eigenvalue weighted by atomic mass is 32.2. The van der Waals surface area contributed by atoms with E-state index < -0.39 is 10.0 Å². The molecule has 4 rings (SSSR count). The van der Waals surface area contributed by atoms with Gasteiger partial charge in [0.25, 0.3) is 10.0 Å². The summed E-state index contributed by atoms with van der Waals surface area (Å²) < 4.78 is 29.0. The molecule has 0 saturated carbocycles. The third-order valence-corrected chi connectivity index (χ3v) is 6.61. The van der Waals surface area contributed by atoms with Crippen molar-refractivity contribution < 1.29 is 13.2 Å². The molecular formula is C22H24N4O3S. The Balaban J connectivity index is 1.38. The number of nitrogens with one attached hydrogen (secondary N) is 2. The van der Waals surface area contributed by atoms with Gasteiger partial charge in [-0.3, -0.25) is 4.79 Å². The number of para-hydroxylation sites is 1. The van der Waals surface area contributed by atoms with Gasteiger partial charge in [0.2, 0.25) is 5.91 Å². The normalized spacial score (nSPS) is 15.8. The minimum atomic E-state index is -3.75. The smallest absolute Gasteiger partial charge is 0.283 e. The zero-order chi connectivity index (χ0) is 21.1. The molecule has 0 atom stereocenters. The molecule has 0 radical (unpaired) electrons. The molecule has 1 aliphatic heterocycles. The molecule has 0 aliphatic carbocycles. The van der Waals surface area contributed by atoms with E-state index in [0.29, 0.717) is 30.8 Å². The number of anilines is 1. The Bertz CT molecular complexity index is 1200. The van der Waals surface area contributed by atoms with E-state index in [4.69, 9.17) is 0 Å². The summed E-state index contributed by atoms with van der Waals surface area (Å²) >= 11 is 0. The van der Waals surface area contributed by atoms with Crippen molar-refractivity contribution in [1.82, 2.24) is 9.88 Å². The van der Waals surface area contributed by atoms with Crippen molar-refractivity contribution in [1.29, 1.82) is 0 Å². The van der Waals surface area contributed by atoms with Gasteiger partial charge in [-0.1, -0.05) is 18.2 Å². The first-order valence-corrected chi connectivity index (χ1v) is 11.4. The molecule has 1 aromatic heterocycles. The number of aromatic amines is 1. The number of hydrogen-bond donors (Lipinski definition) is 2. The Morgan fingerprint density at radius 1 is 1.17 bits per heavy atom. The zero-order valence-electron chi connectivity index (χ0n) is 16.8. The molecule has 1 fully saturated rings. The van der Waals surface area contributed by atoms with Crippen LogP contribution in [-0.2, 0) is 21.2 Å². The first-order valence-electron chi connectivity index (χ1n) is 9.92. The van der Waals surface area contributed by atoms with Crippen LogP contribution in [0, 0.1) is 0 Å². The van der Waals surface area contributed by atoms with Crippen molar-refractivity contribution in [2.75, 3.05) is 18.9 Å². The van der Waals surface area contributed by atoms with Gasteiger partial charge >= 0.3 is 0 Å². The summed E-state index contributed by atoms with van der Waals surface area (Å²) in [5.41, 5.74) is 2.71. The second-order valence-electron chi connectivity index (χ2n) is 7.44. The van der Waals surface area contributed by atoms with E-state index in [1.807, 2.05) is 42.4 Å². The highest BCUT2D eigenvalue weighted by Gasteiger charge is 2.20. The van der Waals surface area contributed by atoms with Gasteiger partial charge in [-0.2, -0.15) is 8.42 Å². The number of benzene rings is 2. The van der Waals surface area contributed by atoms with Crippen LogP contribution in [0.15, 0.2) is 64.0 Å². The van der Waals surface area contributed by atoms with Crippen molar-refractivity contribution in [2.24, 2.45) is 4.40 Å². The fraction of sp³-hybridized carbons (Fsp3) is 0.273. The summed E-state index contributed by atoms with van der Waals surface area (Å²) in [6, 6.07) is 14.1. The fourth-order valence-corrected chi connectivity index (χ4v) is 4.71. The Morgan fingerprint density at radius 3 is 2.67 bits per heavy atom. The van der Waals surface area contributed by atoms with Crippen LogP contribution in [0.3, 0.4) is 0 Å². The zero-order valence-corrected chi connectivity index (χ0v) is 17.6. The number of carbonyl (C=O) groups is 1. The molecule has 0 bridgehead atoms. The van der Waals surface area contributed by atoms with Gasteiger partial charge in [-0.05, 0) is 48.7 Å². The molecule has 1 aliphatic rings. The molecule has 3 aromatic rings. The Hall–Kier alpha value is -3.13. The van der Waals surface area contributed by atoms with E-state index in [1.54, 1.807) is 12.1 Å². The van der Waals surface area contributed by atoms with Crippen molar-refractivity contribution in [2.45, 2.75) is 30.6 Å². The van der Waals surface area contributed by atoms with E-state index in [9.17, 15) is 13.2 Å². The number of likely N-dealkylation sites (tertiary alicyclic amines) is 1. The quantitative estimate of drug-likeness (QED) is 0.633. The standard InChI is InChI=1S/C22H24N4O3S/c1-26-14-4-7-21(26)25-30(28,29)18-11-9-17(10-12-18)24-22(27)13-8-16-15-23-20-6-3-2-5-19(16)20/h2-3,5-6,9-12,15,23H,4,7-8,13-14H2,1H3,(H,24,27). The Labute approximate surface area is 175 Å². The molecule has 7 nitrogen and oxygen atoms in total. The number of carbonyl (C=O) groups excluding carboxylic acids is 1. The summed E-state index contributed by atoms with van der Waals surface area (Å²) in [4.78, 5) is 17.5. The summed E-state index contributed by atoms with van der Waals surface area (Å²) in [7, 11) is -1.91. The lowest BCUT2D eigenvalue weighted by atomic mass is 10.1. The number of amidine groups is 1. The third kappa shape index (κ3) is 4.38. The fourth-order valence-electron chi connectivity index (χ4n) is 3.62. The summed E-state index contributed by atoms with van der Waals surface area (Å²) in [6.07, 6.45) is 4.46. The molecule has 2 N–H and O–H groups in total. The van der Waals surface area contributed by atoms with E-state index in [-0.39, 0.29) is 10.8 Å². The number of nitrogens with zero attached hydrogens (tertiary/aromatic N) is 2. The molecule has 8 heteroatoms. The van der Waals surface area contributed by atoms with Crippen LogP contribution in [0.1, 0.15) is 24.8 Å². The lowest BCUT2D eigenvalue weighted by Crippen LogP contribution is -2.20. The molecule has 30 heavy (non-hydrogen) atoms. The van der Waals surface area contributed by atoms with Crippen LogP contribution in [0.2, 0.25) is 0 Å². The molecule has 1 amide bonds. The van der Waals surface area contributed by atoms with Gasteiger partial charge in [0.05, 0.1) is 4.90 Å². The number of aryl methyl sites for hydroxylation is 1. The summed E-state index contributed by atoms with van der Waals surface area (Å²) in [5.74, 6) is 0.466. The van der Waals surface area contributed by atoms with Crippen molar-refractivity contribution in [3.05, 3.63) is 60.3 Å². The molecule has 2 aromatic carbocycles. The van der Waals surface area contributed by atoms with Crippen LogP contribution >= 0.6 is 0 Å². The highest BCUT2D eigenvalue weighted by Crippen LogP contribution is 2.21. The van der Waals surface area contributed by atoms with Gasteiger partial charge in [0.15, 0.2) is 0 Å². The van der Waals surface area contributed by atoms with Crippen LogP contribution in [0.4, 0.5) is 5.69 Å². The van der Waals surface area contributed by atoms with E-state index in [2.05, 4.69) is 14.7 Å². The van der Waals surface area contributed by atoms with Crippen LogP contribution < -0.4 is 5.32 Å². The number of amides is 1. The lowest BCUT2D eigenvalue weighted by molar-refractivity contribution is -0.116. The van der Waals surface area contributed by atoms with Crippen LogP contribution in [0.5, 0.6) is 0 Å². The topological polar surface area (TPSA) is 94.6 Å². The van der Waals surface area contributed by atoms with Gasteiger partial charge in [-0.25, -0.2) is 0 Å². The van der Waals surface area contributed by atoms with Crippen LogP contribution in [-0.4, -0.2) is 43.6 Å². The monoisotopic (exact) mass is 424 g/mol. The summed E-state index contributed by atoms with van der Waals surface area (Å²) in [6.45, 7) is 0.817. The maximum Gasteiger partial charge on any atom is 0.283 e. The second kappa shape index (κ2) is 8.31. The van der Waals surface area contributed by atoms with E-state index >= 15 is 0 Å². The van der Waals surface area contributed by atoms with E-state index in [0.717, 1.165) is 29.4 Å². The number of hydrogen-bond acceptors (Lipinski definition) is 3. The van der Waals surface area contributed by atoms with Crippen molar-refractivity contribution >= 4 is 38.4 Å². The third-order valence-electron chi connectivity index (χ3n) is 5.29. The Kier molecular flexibility index (Phi) is 5.59. The first-order chi connectivity index (χ1) is 14.4. The predicted molar refractivity (Wildman–Crippen MR) is 118 cm³/mol. The summed E-state index contributed by atoms with van der Waals surface area (Å²) in [5, 5.41) is 3.94. The largest absolute Gasteiger partial charge is 0.362 e. The van der Waals surface area contributed by atoms with Gasteiger partial charge in [0, 0.05) is 49.2 Å². The first kappa shape index (κ1) is 20.2. The molecule has 0 unspecified atom stereocenters. The number of sulfonamides is 1. The lowest BCUT2D eigenvalue weighted by Gasteiger charge is -2.11. The SMILES string of the molecule is CN1CCCC1=NS(=O)(=O)c1ccc(NC(=O)CCc2c[nH]c3ccccc23)cc1. The minimum Gasteiger partial charge on any atom is -0.362 e. The number of fused-ring (bicyclic) bond motifs is 1. The Morgan fingerprint density at radius 2 is 1.93 bits per heavy atom. The van der Waals surface area contributed by atoms with Crippen molar-refractivity contribution in [3.63, 3.8) is 0 Å². The molecule has 156 valence electrons. The van der Waals surface area contributed by atoms with Gasteiger partial charge < -0.3 is 15.2 Å². The maximum atomic E-state index is 12.5. The molecule has 1 saturated heterocycles. The van der Waals surface area contributed by atoms with E-state index in [1.165, 1.54) is 12.1 Å². The van der Waals surface area contributed by atoms with Crippen LogP contribution in [0.25, 0.3) is 10.9 Å². The minimum absolute atomic E-state index is 0.118. The van der Waals surface area contributed by atoms with Crippen molar-refractivity contribution in [3.8, 4) is 0 Å².